The first kappa shape index (κ1) is 88.3. The van der Waals surface area contributed by atoms with Crippen molar-refractivity contribution in [3.05, 3.63) is 153 Å². The van der Waals surface area contributed by atoms with E-state index in [1.165, 1.54) is 101 Å². The third kappa shape index (κ3) is 31.3. The first-order valence-electron chi connectivity index (χ1n) is 37.1. The largest absolute Gasteiger partial charge is 0.390 e. The number of amides is 4. The van der Waals surface area contributed by atoms with Gasteiger partial charge in [-0.1, -0.05) is 174 Å². The molecule has 4 amide bonds. The summed E-state index contributed by atoms with van der Waals surface area (Å²) >= 11 is 0. The predicted molar refractivity (Wildman–Crippen MR) is 400 cm³/mol. The summed E-state index contributed by atoms with van der Waals surface area (Å²) in [5, 5.41) is 34.9. The second kappa shape index (κ2) is 43.4. The van der Waals surface area contributed by atoms with E-state index in [9.17, 15) is 56.3 Å². The van der Waals surface area contributed by atoms with Gasteiger partial charge in [-0.25, -0.2) is 17.6 Å². The second-order valence-electron chi connectivity index (χ2n) is 30.3. The van der Waals surface area contributed by atoms with Crippen molar-refractivity contribution in [3.8, 4) is 0 Å². The van der Waals surface area contributed by atoms with Crippen LogP contribution in [0.5, 0.6) is 0 Å². The van der Waals surface area contributed by atoms with E-state index >= 15 is 0 Å². The zero-order valence-corrected chi connectivity index (χ0v) is 64.7. The van der Waals surface area contributed by atoms with Crippen molar-refractivity contribution in [2.75, 3.05) is 60.2 Å². The molecule has 0 aromatic heterocycles. The number of nitrogens with zero attached hydrogens (tertiary/aromatic N) is 2. The molecule has 2 saturated carbocycles. The highest BCUT2D eigenvalue weighted by Gasteiger charge is 2.40. The van der Waals surface area contributed by atoms with Crippen molar-refractivity contribution in [2.45, 2.75) is 264 Å². The van der Waals surface area contributed by atoms with Crippen LogP contribution in [-0.4, -0.2) is 134 Å². The van der Waals surface area contributed by atoms with Gasteiger partial charge in [-0.3, -0.25) is 28.5 Å². The zero-order valence-electron chi connectivity index (χ0n) is 63.8. The third-order valence-electron chi connectivity index (χ3n) is 19.3. The molecule has 6 N–H and O–H groups in total. The van der Waals surface area contributed by atoms with Crippen LogP contribution in [0.25, 0.3) is 0 Å². The fraction of sp³-hybridized carbons (Fsp3) is 0.617. The predicted octanol–water partition coefficient (Wildman–Crippen LogP) is 15.5. The van der Waals surface area contributed by atoms with Crippen LogP contribution in [0.15, 0.2) is 96.6 Å². The Morgan fingerprint density at radius 1 is 0.569 bits per heavy atom. The van der Waals surface area contributed by atoms with E-state index in [0.29, 0.717) is 56.6 Å². The fourth-order valence-electron chi connectivity index (χ4n) is 12.8. The van der Waals surface area contributed by atoms with Gasteiger partial charge in [-0.05, 0) is 140 Å². The molecule has 21 heteroatoms. The molecule has 2 aliphatic carbocycles. The molecule has 102 heavy (non-hydrogen) atoms. The van der Waals surface area contributed by atoms with Crippen LogP contribution in [0.3, 0.4) is 0 Å². The van der Waals surface area contributed by atoms with Gasteiger partial charge in [0.05, 0.1) is 37.5 Å². The zero-order chi connectivity index (χ0) is 75.8. The lowest BCUT2D eigenvalue weighted by Gasteiger charge is -2.41. The average Bonchev–Trinajstić information content (AvgIpc) is 0.788. The summed E-state index contributed by atoms with van der Waals surface area (Å²) in [5.74, 6) is -3.51. The molecule has 570 valence electrons. The van der Waals surface area contributed by atoms with Crippen LogP contribution >= 0.6 is 7.60 Å². The molecule has 0 bridgehead atoms. The maximum Gasteiger partial charge on any atom is 0.340 e. The van der Waals surface area contributed by atoms with E-state index in [1.54, 1.807) is 37.0 Å². The smallest absolute Gasteiger partial charge is 0.340 e. The number of ketones is 1. The molecule has 4 aromatic rings. The molecule has 6 rings (SSSR count). The highest BCUT2D eigenvalue weighted by atomic mass is 31.2. The Balaban J connectivity index is 0.000000331. The first-order chi connectivity index (χ1) is 48.0. The van der Waals surface area contributed by atoms with E-state index in [1.807, 2.05) is 19.1 Å². The van der Waals surface area contributed by atoms with E-state index in [0.717, 1.165) is 80.2 Å². The molecule has 0 saturated heterocycles. The van der Waals surface area contributed by atoms with Crippen molar-refractivity contribution in [2.24, 2.45) is 0 Å². The molecular formula is C81H123F4N6O10P. The minimum absolute atomic E-state index is 0.0347. The molecule has 4 aromatic carbocycles. The topological polar surface area (TPSA) is 216 Å². The second-order valence-corrected chi connectivity index (χ2v) is 32.3. The van der Waals surface area contributed by atoms with Crippen LogP contribution < -0.4 is 21.3 Å². The number of aliphatic hydroxyl groups is 2. The molecule has 4 atom stereocenters. The molecule has 0 unspecified atom stereocenters. The SMILES string of the molecule is CC(=O)N[C@@H](Cc1cc(F)cc(F)c1)[C@H](O)CNC1(c2cccc(C(C)(C)C)c2)CCC(=CC(=O)N(C)C)CC1.CC(=O)N[C@@H](Cc1cc(F)cc(F)c1)[C@H](O)CNC1(c2cccc(C(C)(C)C)c2)CCC(=O)CC1.CCCCCCCCOP(=O)(CC(=O)N(C)CC)OCCCCCCCC. The van der Waals surface area contributed by atoms with Crippen LogP contribution in [0.1, 0.15) is 238 Å². The summed E-state index contributed by atoms with van der Waals surface area (Å²) in [7, 11) is 1.83. The van der Waals surface area contributed by atoms with Gasteiger partial charge in [0.2, 0.25) is 23.6 Å². The Kier molecular flexibility index (Phi) is 37.5. The number of hydrogen-bond acceptors (Lipinski definition) is 12. The van der Waals surface area contributed by atoms with Gasteiger partial charge in [-0.2, -0.15) is 0 Å². The van der Waals surface area contributed by atoms with Crippen molar-refractivity contribution < 1.29 is 65.4 Å². The fourth-order valence-corrected chi connectivity index (χ4v) is 14.4. The van der Waals surface area contributed by atoms with E-state index in [-0.39, 0.29) is 72.3 Å². The maximum absolute atomic E-state index is 13.8. The van der Waals surface area contributed by atoms with Crippen molar-refractivity contribution in [1.29, 1.82) is 0 Å². The minimum atomic E-state index is -3.36. The summed E-state index contributed by atoms with van der Waals surface area (Å²) in [4.78, 5) is 63.4. The number of halogens is 4. The first-order valence-corrected chi connectivity index (χ1v) is 38.8. The number of carbonyl (C=O) groups is 5. The van der Waals surface area contributed by atoms with Gasteiger partial charge in [0.15, 0.2) is 0 Å². The van der Waals surface area contributed by atoms with Crippen LogP contribution in [0.4, 0.5) is 17.6 Å². The molecule has 2 fully saturated rings. The lowest BCUT2D eigenvalue weighted by Crippen LogP contribution is -2.53. The number of unbranched alkanes of at least 4 members (excludes halogenated alkanes) is 10. The van der Waals surface area contributed by atoms with Crippen LogP contribution in [-0.2, 0) is 72.3 Å². The molecule has 0 radical (unpaired) electrons. The number of hydrogen-bond donors (Lipinski definition) is 6. The lowest BCUT2D eigenvalue weighted by molar-refractivity contribution is -0.127. The molecular weight excluding hydrogens is 1320 g/mol. The standard InChI is InChI=1S/C32H43F2N3O3.C28H36F2N2O3.C21H44NO4P/c1-21(38)36-28(16-23-14-26(33)19-27(34)15-23)29(39)20-35-32(25-9-7-8-24(18-25)31(2,3)4)12-10-22(11-13-32)17-30(40)37(5)6;1-18(33)32-25(14-19-12-22(29)16-23(30)13-19)26(35)17-31-28(10-8-24(34)9-11-28)21-7-5-6-20(15-21)27(2,3)4;1-5-8-10-12-14-16-18-25-27(24,20-21(23)22(4)7-3)26-19-17-15-13-11-9-6-2/h7-9,14-15,17-19,28-29,35,39H,10-13,16,20H2,1-6H3,(H,36,38);5-7,12-13,15-16,25-26,31,35H,8-11,14,17H2,1-4H3,(H,32,33);5-20H2,1-4H3/t28-,29+,32?;25-,26+;/m00./s1. The van der Waals surface area contributed by atoms with Gasteiger partial charge in [0.1, 0.15) is 35.2 Å². The number of aliphatic hydroxyl groups excluding tert-OH is 2. The Labute approximate surface area is 607 Å². The summed E-state index contributed by atoms with van der Waals surface area (Å²) in [6.45, 7) is 23.6. The highest BCUT2D eigenvalue weighted by Crippen LogP contribution is 2.49. The molecule has 0 aliphatic heterocycles. The van der Waals surface area contributed by atoms with Gasteiger partial charge in [0.25, 0.3) is 0 Å². The summed E-state index contributed by atoms with van der Waals surface area (Å²) in [6, 6.07) is 21.7. The van der Waals surface area contributed by atoms with Crippen LogP contribution in [0.2, 0.25) is 0 Å². The summed E-state index contributed by atoms with van der Waals surface area (Å²) in [5.41, 5.74) is 5.27. The molecule has 2 aliphatic rings. The van der Waals surface area contributed by atoms with Crippen molar-refractivity contribution >= 4 is 37.0 Å². The molecule has 0 spiro atoms. The van der Waals surface area contributed by atoms with Crippen LogP contribution in [0, 0.1) is 23.3 Å². The number of rotatable bonds is 36. The van der Waals surface area contributed by atoms with Crippen molar-refractivity contribution in [1.82, 2.24) is 31.1 Å². The number of nitrogens with one attached hydrogen (secondary N) is 4. The summed E-state index contributed by atoms with van der Waals surface area (Å²) < 4.78 is 79.3. The Hall–Kier alpha value is -6.12. The maximum atomic E-state index is 13.8. The Bertz CT molecular complexity index is 3270. The van der Waals surface area contributed by atoms with E-state index in [4.69, 9.17) is 9.05 Å². The minimum Gasteiger partial charge on any atom is -0.390 e. The Morgan fingerprint density at radius 2 is 0.941 bits per heavy atom. The van der Waals surface area contributed by atoms with E-state index < -0.39 is 66.2 Å². The monoisotopic (exact) mass is 1450 g/mol. The number of carbonyl (C=O) groups excluding carboxylic acids is 5. The van der Waals surface area contributed by atoms with Gasteiger partial charge in [0, 0.05) is 96.8 Å². The lowest BCUT2D eigenvalue weighted by atomic mass is 9.73. The highest BCUT2D eigenvalue weighted by molar-refractivity contribution is 7.54. The van der Waals surface area contributed by atoms with Gasteiger partial charge in [-0.15, -0.1) is 0 Å². The van der Waals surface area contributed by atoms with Gasteiger partial charge >= 0.3 is 7.60 Å². The molecule has 16 nitrogen and oxygen atoms in total. The average molecular weight is 1450 g/mol. The normalized spacial score (nSPS) is 16.6. The van der Waals surface area contributed by atoms with E-state index in [2.05, 4.69) is 113 Å². The quantitative estimate of drug-likeness (QED) is 0.0109. The number of Topliss-reactive ketones (excluding diaryl/α,β-unsaturated/α-hetero) is 1. The number of benzene rings is 4. The third-order valence-corrected chi connectivity index (χ3v) is 21.1. The molecule has 0 heterocycles. The Morgan fingerprint density at radius 3 is 1.29 bits per heavy atom. The van der Waals surface area contributed by atoms with Gasteiger partial charge < -0.3 is 50.3 Å². The number of likely N-dealkylation sites (N-methyl/N-ethyl adjacent to an activating group) is 1. The summed E-state index contributed by atoms with van der Waals surface area (Å²) in [6.07, 6.45) is 18.3. The van der Waals surface area contributed by atoms with Crippen molar-refractivity contribution in [3.63, 3.8) is 0 Å². The number of allylic oxidation sites excluding steroid dienone is 1.